The molecule has 5 amide bonds. The molecule has 0 unspecified atom stereocenters. The Labute approximate surface area is 519 Å². The predicted octanol–water partition coefficient (Wildman–Crippen LogP) is 1.79. The highest BCUT2D eigenvalue weighted by molar-refractivity contribution is 7.98. The van der Waals surface area contributed by atoms with Crippen LogP contribution in [0.4, 0.5) is 76.3 Å². The molecule has 15 N–H and O–H groups in total. The van der Waals surface area contributed by atoms with E-state index in [1.807, 2.05) is 25.0 Å². The van der Waals surface area contributed by atoms with Crippen LogP contribution in [0.5, 0.6) is 0 Å². The lowest BCUT2D eigenvalue weighted by Crippen LogP contribution is -2.56. The van der Waals surface area contributed by atoms with Crippen LogP contribution in [0, 0.1) is 5.92 Å². The van der Waals surface area contributed by atoms with E-state index < -0.39 is 103 Å². The second-order valence-corrected chi connectivity index (χ2v) is 19.1. The molecule has 0 radical (unpaired) electrons. The minimum atomic E-state index is -5.08. The van der Waals surface area contributed by atoms with Crippen molar-refractivity contribution in [3.05, 3.63) is 29.8 Å². The molecule has 46 heteroatoms. The third kappa shape index (κ3) is 49.1. The summed E-state index contributed by atoms with van der Waals surface area (Å²) in [5.74, 6) is -17.6. The number of amides is 5. The number of anilines is 1. The molecule has 1 aliphatic rings. The van der Waals surface area contributed by atoms with Crippen molar-refractivity contribution in [3.63, 3.8) is 0 Å². The second kappa shape index (κ2) is 45.1. The van der Waals surface area contributed by atoms with Gasteiger partial charge < -0.3 is 73.2 Å². The van der Waals surface area contributed by atoms with E-state index >= 15 is 0 Å². The van der Waals surface area contributed by atoms with Gasteiger partial charge in [-0.05, 0) is 42.0 Å². The van der Waals surface area contributed by atoms with Crippen LogP contribution in [0.25, 0.3) is 0 Å². The van der Waals surface area contributed by atoms with Gasteiger partial charge in [-0.1, -0.05) is 32.4 Å². The SMILES string of the molecule is CC[C@H](C)[C@H](NC(=O)[C@H](CCSC)NC(=O)Nc1ccc(CNC(=O)CN2CCN(CC(=O)O)CCN(CC(=O)O)CCN(CC(=O)O)CC2)cc1)C(=O)NCCN.O=C(O)C(F)(F)F.O=C(O)C(F)(F)F.O=C(O)C(F)(F)F.O=C(O)C(F)(F)F.O=C(O)C(F)(F)F. The van der Waals surface area contributed by atoms with Crippen LogP contribution in [0.1, 0.15) is 32.3 Å². The van der Waals surface area contributed by atoms with Gasteiger partial charge in [0.25, 0.3) is 0 Å². The lowest BCUT2D eigenvalue weighted by Gasteiger charge is -2.32. The number of alkyl halides is 15. The molecule has 1 saturated heterocycles. The fourth-order valence-corrected chi connectivity index (χ4v) is 6.51. The van der Waals surface area contributed by atoms with Crippen molar-refractivity contribution >= 4 is 89.0 Å². The molecule has 0 saturated carbocycles. The van der Waals surface area contributed by atoms with Crippen LogP contribution in [-0.2, 0) is 59.3 Å². The number of nitrogens with zero attached hydrogens (tertiary/aromatic N) is 4. The zero-order chi connectivity index (χ0) is 73.4. The average molecular weight is 1410 g/mol. The minimum absolute atomic E-state index is 0.0332. The average Bonchev–Trinajstić information content (AvgIpc) is 1.00. The van der Waals surface area contributed by atoms with Crippen molar-refractivity contribution in [1.29, 1.82) is 0 Å². The van der Waals surface area contributed by atoms with Gasteiger partial charge in [-0.15, -0.1) is 0 Å². The van der Waals surface area contributed by atoms with Crippen LogP contribution >= 0.6 is 11.8 Å². The summed E-state index contributed by atoms with van der Waals surface area (Å²) in [5.41, 5.74) is 6.70. The smallest absolute Gasteiger partial charge is 0.480 e. The fraction of sp³-hybridized carbons (Fsp3) is 0.617. The molecule has 1 aliphatic heterocycles. The Hall–Kier alpha value is -8.24. The lowest BCUT2D eigenvalue weighted by atomic mass is 9.97. The Kier molecular flexibility index (Phi) is 44.2. The number of thioether (sulfide) groups is 1. The van der Waals surface area contributed by atoms with E-state index in [1.165, 1.54) is 11.8 Å². The molecule has 1 aromatic carbocycles. The minimum Gasteiger partial charge on any atom is -0.480 e. The number of nitrogens with one attached hydrogen (secondary N) is 5. The number of carbonyl (C=O) groups excluding carboxylic acids is 4. The van der Waals surface area contributed by atoms with Crippen molar-refractivity contribution in [2.24, 2.45) is 11.7 Å². The Morgan fingerprint density at radius 1 is 0.505 bits per heavy atom. The number of aliphatic carboxylic acids is 8. The molecule has 0 aromatic heterocycles. The van der Waals surface area contributed by atoms with E-state index in [9.17, 15) is 115 Å². The third-order valence-corrected chi connectivity index (χ3v) is 11.4. The summed E-state index contributed by atoms with van der Waals surface area (Å²) in [5, 5.41) is 77.7. The number of benzene rings is 1. The van der Waals surface area contributed by atoms with Crippen LogP contribution in [-0.4, -0.2) is 279 Å². The van der Waals surface area contributed by atoms with Gasteiger partial charge in [0.2, 0.25) is 17.7 Å². The number of nitrogens with two attached hydrogens (primary N) is 1. The van der Waals surface area contributed by atoms with E-state index in [0.717, 1.165) is 5.56 Å². The summed E-state index contributed by atoms with van der Waals surface area (Å²) in [6.45, 7) is 5.94. The van der Waals surface area contributed by atoms with Gasteiger partial charge in [-0.2, -0.15) is 77.6 Å². The van der Waals surface area contributed by atoms with Gasteiger partial charge in [0.05, 0.1) is 26.2 Å². The van der Waals surface area contributed by atoms with Crippen LogP contribution in [0.3, 0.4) is 0 Å². The maximum absolute atomic E-state index is 13.3. The lowest BCUT2D eigenvalue weighted by molar-refractivity contribution is -0.193. The summed E-state index contributed by atoms with van der Waals surface area (Å²) in [4.78, 5) is 138. The van der Waals surface area contributed by atoms with Gasteiger partial charge in [0.1, 0.15) is 12.1 Å². The first kappa shape index (κ1) is 91.2. The van der Waals surface area contributed by atoms with E-state index in [1.54, 1.807) is 39.0 Å². The maximum atomic E-state index is 13.3. The molecule has 0 bridgehead atoms. The molecular formula is C47H67F15N10O20S. The zero-order valence-electron chi connectivity index (χ0n) is 48.7. The standard InChI is InChI=1S/C37H62N10O10S.5C2HF3O2/c1-4-26(2)34(36(56)39-11-10-38)43-35(55)29(9-20-58-3)42-37(57)41-28-7-5-27(6-8-28)21-40-30(48)22-44-12-14-45(23-31(49)50)16-18-47(25-33(53)54)19-17-46(15-13-44)24-32(51)52;5*3-2(4,5)1(6)7/h5-8,26,29,34H,4,9-25,38H2,1-3H3,(H,39,56)(H,40,48)(H,43,55)(H,49,50)(H,51,52)(H,53,54)(H2,41,42,57);5*(H,6,7)/t26-,29-,34-;;;;;/m0...../s1. The van der Waals surface area contributed by atoms with Gasteiger partial charge in [-0.3, -0.25) is 48.4 Å². The third-order valence-electron chi connectivity index (χ3n) is 10.8. The Morgan fingerprint density at radius 2 is 0.817 bits per heavy atom. The monoisotopic (exact) mass is 1410 g/mol. The molecule has 1 fully saturated rings. The summed E-state index contributed by atoms with van der Waals surface area (Å²) in [7, 11) is 0. The molecule has 2 rings (SSSR count). The van der Waals surface area contributed by atoms with Gasteiger partial charge >= 0.3 is 84.7 Å². The number of carbonyl (C=O) groups is 12. The first-order chi connectivity index (χ1) is 42.3. The highest BCUT2D eigenvalue weighted by Crippen LogP contribution is 2.17. The molecule has 3 atom stereocenters. The summed E-state index contributed by atoms with van der Waals surface area (Å²) >= 11 is 1.52. The molecule has 536 valence electrons. The largest absolute Gasteiger partial charge is 0.490 e. The molecule has 0 spiro atoms. The van der Waals surface area contributed by atoms with Crippen LogP contribution in [0.15, 0.2) is 24.3 Å². The summed E-state index contributed by atoms with van der Waals surface area (Å²) in [6, 6.07) is 4.45. The van der Waals surface area contributed by atoms with E-state index in [0.29, 0.717) is 37.4 Å². The van der Waals surface area contributed by atoms with Gasteiger partial charge in [0, 0.05) is 77.7 Å². The number of rotatable bonds is 22. The molecule has 30 nitrogen and oxygen atoms in total. The second-order valence-electron chi connectivity index (χ2n) is 18.2. The predicted molar refractivity (Wildman–Crippen MR) is 288 cm³/mol. The topological polar surface area (TPSA) is 466 Å². The number of hydrogen-bond donors (Lipinski definition) is 14. The number of carboxylic acid groups (broad SMARTS) is 8. The molecule has 93 heavy (non-hydrogen) atoms. The molecule has 0 aliphatic carbocycles. The summed E-state index contributed by atoms with van der Waals surface area (Å²) in [6.07, 6.45) is -22.5. The number of carboxylic acids is 8. The normalized spacial score (nSPS) is 14.7. The van der Waals surface area contributed by atoms with Gasteiger partial charge in [0.15, 0.2) is 0 Å². The Balaban J connectivity index is -0.000000905. The quantitative estimate of drug-likeness (QED) is 0.0736. The van der Waals surface area contributed by atoms with Crippen molar-refractivity contribution in [1.82, 2.24) is 40.9 Å². The van der Waals surface area contributed by atoms with E-state index in [4.69, 9.17) is 55.2 Å². The van der Waals surface area contributed by atoms with Crippen LogP contribution in [0.2, 0.25) is 0 Å². The number of hydrogen-bond acceptors (Lipinski definition) is 18. The first-order valence-electron chi connectivity index (χ1n) is 25.6. The number of halogens is 15. The van der Waals surface area contributed by atoms with Crippen molar-refractivity contribution < 1.29 is 164 Å². The first-order valence-corrected chi connectivity index (χ1v) is 27.0. The highest BCUT2D eigenvalue weighted by atomic mass is 32.2. The van der Waals surface area contributed by atoms with Gasteiger partial charge in [-0.25, -0.2) is 28.8 Å². The Morgan fingerprint density at radius 3 is 1.09 bits per heavy atom. The van der Waals surface area contributed by atoms with E-state index in [2.05, 4.69) is 26.6 Å². The van der Waals surface area contributed by atoms with Crippen molar-refractivity contribution in [2.75, 3.05) is 109 Å². The molecule has 1 heterocycles. The van der Waals surface area contributed by atoms with Crippen molar-refractivity contribution in [3.8, 4) is 0 Å². The number of urea groups is 1. The maximum Gasteiger partial charge on any atom is 0.490 e. The highest BCUT2D eigenvalue weighted by Gasteiger charge is 2.41. The molecule has 1 aromatic rings. The van der Waals surface area contributed by atoms with E-state index in [-0.39, 0.29) is 103 Å². The molecular weight excluding hydrogens is 1340 g/mol. The summed E-state index contributed by atoms with van der Waals surface area (Å²) < 4.78 is 159. The Bertz CT molecular complexity index is 2370. The fourth-order valence-electron chi connectivity index (χ4n) is 6.04. The van der Waals surface area contributed by atoms with Crippen LogP contribution < -0.4 is 32.3 Å². The van der Waals surface area contributed by atoms with Crippen molar-refractivity contribution in [2.45, 2.75) is 76.2 Å². The zero-order valence-corrected chi connectivity index (χ0v) is 49.5.